The fourth-order valence-corrected chi connectivity index (χ4v) is 5.54. The predicted molar refractivity (Wildman–Crippen MR) is 126 cm³/mol. The van der Waals surface area contributed by atoms with Crippen LogP contribution in [0.2, 0.25) is 0 Å². The van der Waals surface area contributed by atoms with Crippen LogP contribution in [0.15, 0.2) is 42.5 Å². The Bertz CT molecular complexity index is 1070. The van der Waals surface area contributed by atoms with E-state index in [1.807, 2.05) is 23.1 Å². The first-order chi connectivity index (χ1) is 15.3. The highest BCUT2D eigenvalue weighted by molar-refractivity contribution is 7.92. The number of aryl methyl sites for hydroxylation is 1. The highest BCUT2D eigenvalue weighted by atomic mass is 32.2. The molecule has 4 rings (SSSR count). The minimum Gasteiger partial charge on any atom is -0.497 e. The molecule has 2 aliphatic heterocycles. The van der Waals surface area contributed by atoms with Crippen molar-refractivity contribution in [3.63, 3.8) is 0 Å². The van der Waals surface area contributed by atoms with Gasteiger partial charge in [0, 0.05) is 44.8 Å². The summed E-state index contributed by atoms with van der Waals surface area (Å²) in [7, 11) is -1.64. The fraction of sp³-hybridized carbons (Fsp3) is 0.458. The van der Waals surface area contributed by atoms with Gasteiger partial charge in [-0.05, 0) is 60.7 Å². The second-order valence-corrected chi connectivity index (χ2v) is 10.5. The van der Waals surface area contributed by atoms with Gasteiger partial charge in [0.05, 0.1) is 19.1 Å². The molecule has 0 atom stereocenters. The Morgan fingerprint density at radius 2 is 1.75 bits per heavy atom. The number of carbonyl (C=O) groups is 1. The van der Waals surface area contributed by atoms with Gasteiger partial charge in [-0.15, -0.1) is 0 Å². The summed E-state index contributed by atoms with van der Waals surface area (Å²) in [5, 5.41) is 0. The molecule has 1 saturated heterocycles. The molecule has 0 saturated carbocycles. The van der Waals surface area contributed by atoms with Crippen molar-refractivity contribution >= 4 is 21.6 Å². The largest absolute Gasteiger partial charge is 0.497 e. The summed E-state index contributed by atoms with van der Waals surface area (Å²) in [6.45, 7) is 4.53. The van der Waals surface area contributed by atoms with Crippen molar-refractivity contribution in [2.24, 2.45) is 0 Å². The van der Waals surface area contributed by atoms with Crippen LogP contribution in [-0.4, -0.2) is 70.2 Å². The number of hydrogen-bond acceptors (Lipinski definition) is 5. The number of ether oxygens (including phenoxy) is 1. The first-order valence-electron chi connectivity index (χ1n) is 11.1. The molecule has 0 radical (unpaired) electrons. The van der Waals surface area contributed by atoms with E-state index in [9.17, 15) is 13.2 Å². The highest BCUT2D eigenvalue weighted by Crippen LogP contribution is 2.30. The number of amides is 1. The van der Waals surface area contributed by atoms with E-state index < -0.39 is 10.0 Å². The van der Waals surface area contributed by atoms with Crippen LogP contribution < -0.4 is 9.04 Å². The number of nitrogens with zero attached hydrogens (tertiary/aromatic N) is 3. The molecule has 7 nitrogen and oxygen atoms in total. The predicted octanol–water partition coefficient (Wildman–Crippen LogP) is 2.76. The van der Waals surface area contributed by atoms with Crippen molar-refractivity contribution < 1.29 is 17.9 Å². The van der Waals surface area contributed by atoms with E-state index in [-0.39, 0.29) is 5.91 Å². The van der Waals surface area contributed by atoms with Crippen LogP contribution in [0.5, 0.6) is 5.75 Å². The third-order valence-electron chi connectivity index (χ3n) is 6.24. The number of anilines is 1. The Balaban J connectivity index is 1.41. The van der Waals surface area contributed by atoms with Crippen LogP contribution in [0.4, 0.5) is 5.69 Å². The summed E-state index contributed by atoms with van der Waals surface area (Å²) in [6.07, 6.45) is 3.71. The Hall–Kier alpha value is -2.58. The lowest BCUT2D eigenvalue weighted by Crippen LogP contribution is -2.36. The van der Waals surface area contributed by atoms with Gasteiger partial charge in [0.2, 0.25) is 10.0 Å². The average Bonchev–Trinajstić information content (AvgIpc) is 3.03. The van der Waals surface area contributed by atoms with E-state index >= 15 is 0 Å². The molecule has 0 aromatic heterocycles. The summed E-state index contributed by atoms with van der Waals surface area (Å²) in [5.74, 6) is 0.877. The van der Waals surface area contributed by atoms with Crippen molar-refractivity contribution in [2.45, 2.75) is 25.8 Å². The molecule has 2 heterocycles. The Labute approximate surface area is 190 Å². The van der Waals surface area contributed by atoms with Crippen LogP contribution in [-0.2, 0) is 23.0 Å². The Kier molecular flexibility index (Phi) is 6.71. The highest BCUT2D eigenvalue weighted by Gasteiger charge is 2.26. The van der Waals surface area contributed by atoms with Crippen molar-refractivity contribution in [3.8, 4) is 5.75 Å². The molecule has 32 heavy (non-hydrogen) atoms. The number of hydrogen-bond donors (Lipinski definition) is 0. The lowest BCUT2D eigenvalue weighted by Gasteiger charge is -2.30. The molecule has 2 aliphatic rings. The molecule has 1 amide bonds. The second kappa shape index (κ2) is 9.50. The lowest BCUT2D eigenvalue weighted by atomic mass is 10.00. The molecular weight excluding hydrogens is 426 g/mol. The van der Waals surface area contributed by atoms with Gasteiger partial charge in [-0.25, -0.2) is 8.42 Å². The second-order valence-electron chi connectivity index (χ2n) is 8.55. The number of sulfonamides is 1. The molecule has 0 unspecified atom stereocenters. The number of methoxy groups -OCH3 is 1. The van der Waals surface area contributed by atoms with Gasteiger partial charge in [0.25, 0.3) is 5.91 Å². The molecular formula is C24H31N3O4S. The molecule has 2 aromatic carbocycles. The normalized spacial score (nSPS) is 17.6. The maximum atomic E-state index is 13.2. The van der Waals surface area contributed by atoms with E-state index in [1.165, 1.54) is 16.1 Å². The molecule has 8 heteroatoms. The lowest BCUT2D eigenvalue weighted by molar-refractivity contribution is 0.0761. The van der Waals surface area contributed by atoms with Crippen LogP contribution in [0.1, 0.15) is 34.3 Å². The zero-order valence-corrected chi connectivity index (χ0v) is 19.6. The van der Waals surface area contributed by atoms with Crippen molar-refractivity contribution in [2.75, 3.05) is 50.4 Å². The standard InChI is InChI=1S/C24H31N3O4S/c1-31-22-9-6-19(7-10-22)18-25-12-4-13-26(16-15-25)24(28)21-8-11-23-20(17-21)5-3-14-27(23)32(2,29)30/h6-11,17H,3-5,12-16,18H2,1-2H3. The van der Waals surface area contributed by atoms with Crippen LogP contribution in [0.25, 0.3) is 0 Å². The Morgan fingerprint density at radius 3 is 2.47 bits per heavy atom. The zero-order valence-electron chi connectivity index (χ0n) is 18.8. The summed E-state index contributed by atoms with van der Waals surface area (Å²) in [5.41, 5.74) is 3.51. The van der Waals surface area contributed by atoms with Crippen LogP contribution in [0, 0.1) is 0 Å². The van der Waals surface area contributed by atoms with Crippen molar-refractivity contribution in [1.29, 1.82) is 0 Å². The quantitative estimate of drug-likeness (QED) is 0.691. The van der Waals surface area contributed by atoms with E-state index in [0.717, 1.165) is 56.8 Å². The minimum absolute atomic E-state index is 0.0237. The number of carbonyl (C=O) groups excluding carboxylic acids is 1. The summed E-state index contributed by atoms with van der Waals surface area (Å²) in [6, 6.07) is 13.6. The van der Waals surface area contributed by atoms with Crippen molar-refractivity contribution in [3.05, 3.63) is 59.2 Å². The first-order valence-corrected chi connectivity index (χ1v) is 13.0. The smallest absolute Gasteiger partial charge is 0.253 e. The van der Waals surface area contributed by atoms with E-state index in [2.05, 4.69) is 17.0 Å². The molecule has 0 N–H and O–H groups in total. The van der Waals surface area contributed by atoms with Crippen molar-refractivity contribution in [1.82, 2.24) is 9.80 Å². The maximum Gasteiger partial charge on any atom is 0.253 e. The first kappa shape index (κ1) is 22.6. The monoisotopic (exact) mass is 457 g/mol. The molecule has 172 valence electrons. The zero-order chi connectivity index (χ0) is 22.7. The van der Waals surface area contributed by atoms with Gasteiger partial charge < -0.3 is 9.64 Å². The maximum absolute atomic E-state index is 13.2. The topological polar surface area (TPSA) is 70.2 Å². The molecule has 1 fully saturated rings. The van der Waals surface area contributed by atoms with E-state index in [4.69, 9.17) is 4.74 Å². The van der Waals surface area contributed by atoms with Gasteiger partial charge >= 0.3 is 0 Å². The summed E-state index contributed by atoms with van der Waals surface area (Å²) < 4.78 is 30.9. The minimum atomic E-state index is -3.31. The number of benzene rings is 2. The summed E-state index contributed by atoms with van der Waals surface area (Å²) >= 11 is 0. The third kappa shape index (κ3) is 5.07. The summed E-state index contributed by atoms with van der Waals surface area (Å²) in [4.78, 5) is 17.5. The molecule has 0 spiro atoms. The molecule has 2 aromatic rings. The van der Waals surface area contributed by atoms with E-state index in [1.54, 1.807) is 19.2 Å². The SMILES string of the molecule is COc1ccc(CN2CCCN(C(=O)c3ccc4c(c3)CCCN4S(C)(=O)=O)CC2)cc1. The fourth-order valence-electron chi connectivity index (χ4n) is 4.54. The van der Waals surface area contributed by atoms with Gasteiger partial charge in [-0.2, -0.15) is 0 Å². The number of rotatable bonds is 5. The Morgan fingerprint density at radius 1 is 0.969 bits per heavy atom. The van der Waals surface area contributed by atoms with Gasteiger partial charge in [-0.3, -0.25) is 14.0 Å². The average molecular weight is 458 g/mol. The number of fused-ring (bicyclic) bond motifs is 1. The molecule has 0 aliphatic carbocycles. The van der Waals surface area contributed by atoms with Crippen LogP contribution >= 0.6 is 0 Å². The third-order valence-corrected chi connectivity index (χ3v) is 7.42. The van der Waals surface area contributed by atoms with Gasteiger partial charge in [0.1, 0.15) is 5.75 Å². The molecule has 0 bridgehead atoms. The van der Waals surface area contributed by atoms with Gasteiger partial charge in [0.15, 0.2) is 0 Å². The van der Waals surface area contributed by atoms with Gasteiger partial charge in [-0.1, -0.05) is 12.1 Å². The van der Waals surface area contributed by atoms with Crippen LogP contribution in [0.3, 0.4) is 0 Å². The van der Waals surface area contributed by atoms with E-state index in [0.29, 0.717) is 24.3 Å².